The number of hydrogen-bond donors (Lipinski definition) is 2. The Bertz CT molecular complexity index is 1110. The molecule has 11 heteroatoms. The highest BCUT2D eigenvalue weighted by molar-refractivity contribution is 7.89. The number of nitrogens with one attached hydrogen (secondary N) is 2. The van der Waals surface area contributed by atoms with E-state index in [2.05, 4.69) is 10.6 Å². The predicted molar refractivity (Wildman–Crippen MR) is 109 cm³/mol. The van der Waals surface area contributed by atoms with Gasteiger partial charge in [-0.25, -0.2) is 13.2 Å². The van der Waals surface area contributed by atoms with E-state index in [1.54, 1.807) is 12.1 Å². The second kappa shape index (κ2) is 7.82. The molecule has 2 aromatic rings. The lowest BCUT2D eigenvalue weighted by Crippen LogP contribution is -2.41. The maximum Gasteiger partial charge on any atom is 0.325 e. The van der Waals surface area contributed by atoms with Gasteiger partial charge in [0.15, 0.2) is 5.54 Å². The number of urea groups is 1. The Morgan fingerprint density at radius 1 is 1.16 bits per heavy atom. The Hall–Kier alpha value is -3.18. The summed E-state index contributed by atoms with van der Waals surface area (Å²) in [5.74, 6) is -0.930. The first-order valence-electron chi connectivity index (χ1n) is 9.80. The van der Waals surface area contributed by atoms with Crippen molar-refractivity contribution in [2.24, 2.45) is 0 Å². The summed E-state index contributed by atoms with van der Waals surface area (Å²) in [7, 11) is -3.55. The summed E-state index contributed by atoms with van der Waals surface area (Å²) in [5.41, 5.74) is -1.03. The third kappa shape index (κ3) is 3.81. The van der Waals surface area contributed by atoms with E-state index in [0.29, 0.717) is 18.8 Å². The highest BCUT2D eigenvalue weighted by Crippen LogP contribution is 2.29. The quantitative estimate of drug-likeness (QED) is 0.647. The molecule has 1 atom stereocenters. The Morgan fingerprint density at radius 2 is 1.84 bits per heavy atom. The first-order chi connectivity index (χ1) is 14.7. The molecular weight excluding hydrogens is 424 g/mol. The van der Waals surface area contributed by atoms with Crippen LogP contribution in [0.2, 0.25) is 0 Å². The van der Waals surface area contributed by atoms with Crippen molar-refractivity contribution in [2.45, 2.75) is 30.2 Å². The molecule has 0 bridgehead atoms. The van der Waals surface area contributed by atoms with Crippen LogP contribution in [0.15, 0.2) is 52.0 Å². The van der Waals surface area contributed by atoms with Gasteiger partial charge >= 0.3 is 6.03 Å². The van der Waals surface area contributed by atoms with Gasteiger partial charge in [-0.3, -0.25) is 14.5 Å². The Labute approximate surface area is 179 Å². The number of amides is 4. The van der Waals surface area contributed by atoms with Gasteiger partial charge in [0.25, 0.3) is 5.91 Å². The van der Waals surface area contributed by atoms with Gasteiger partial charge in [-0.2, -0.15) is 4.31 Å². The maximum absolute atomic E-state index is 12.7. The number of sulfonamides is 1. The van der Waals surface area contributed by atoms with Crippen LogP contribution in [0.4, 0.5) is 10.5 Å². The summed E-state index contributed by atoms with van der Waals surface area (Å²) in [4.78, 5) is 38.4. The van der Waals surface area contributed by atoms with Gasteiger partial charge in [0, 0.05) is 18.8 Å². The van der Waals surface area contributed by atoms with E-state index in [1.807, 2.05) is 0 Å². The standard InChI is InChI=1S/C20H22N4O6S/c1-20(16-5-4-12-30-16)18(26)24(19(27)22-20)13-17(25)21-14-6-8-15(9-7-14)31(28,29)23-10-2-3-11-23/h4-9,12H,2-3,10-11,13H2,1H3,(H,21,25)(H,22,27)/t20-/m1/s1. The summed E-state index contributed by atoms with van der Waals surface area (Å²) in [6.07, 6.45) is 3.08. The molecule has 2 saturated heterocycles. The molecule has 0 spiro atoms. The van der Waals surface area contributed by atoms with E-state index >= 15 is 0 Å². The van der Waals surface area contributed by atoms with Crippen molar-refractivity contribution in [3.63, 3.8) is 0 Å². The minimum Gasteiger partial charge on any atom is -0.466 e. The molecule has 2 aliphatic rings. The highest BCUT2D eigenvalue weighted by Gasteiger charge is 2.51. The van der Waals surface area contributed by atoms with Crippen LogP contribution in [-0.2, 0) is 25.2 Å². The van der Waals surface area contributed by atoms with E-state index in [1.165, 1.54) is 41.8 Å². The number of hydrogen-bond acceptors (Lipinski definition) is 6. The first-order valence-corrected chi connectivity index (χ1v) is 11.2. The van der Waals surface area contributed by atoms with Crippen LogP contribution < -0.4 is 10.6 Å². The predicted octanol–water partition coefficient (Wildman–Crippen LogP) is 1.47. The number of carbonyl (C=O) groups excluding carboxylic acids is 3. The lowest BCUT2D eigenvalue weighted by Gasteiger charge is -2.19. The lowest BCUT2D eigenvalue weighted by atomic mass is 9.99. The minimum absolute atomic E-state index is 0.149. The van der Waals surface area contributed by atoms with E-state index in [-0.39, 0.29) is 10.7 Å². The summed E-state index contributed by atoms with van der Waals surface area (Å²) < 4.78 is 31.8. The van der Waals surface area contributed by atoms with E-state index in [4.69, 9.17) is 4.42 Å². The Kier molecular flexibility index (Phi) is 5.31. The third-order valence-electron chi connectivity index (χ3n) is 5.43. The fraction of sp³-hybridized carbons (Fsp3) is 0.350. The summed E-state index contributed by atoms with van der Waals surface area (Å²) >= 11 is 0. The second-order valence-corrected chi connectivity index (χ2v) is 9.55. The maximum atomic E-state index is 12.7. The zero-order valence-electron chi connectivity index (χ0n) is 16.8. The van der Waals surface area contributed by atoms with Crippen molar-refractivity contribution < 1.29 is 27.2 Å². The van der Waals surface area contributed by atoms with Crippen LogP contribution in [0.3, 0.4) is 0 Å². The summed E-state index contributed by atoms with van der Waals surface area (Å²) in [6, 6.07) is 8.25. The number of rotatable bonds is 6. The zero-order valence-corrected chi connectivity index (χ0v) is 17.6. The summed E-state index contributed by atoms with van der Waals surface area (Å²) in [5, 5.41) is 5.12. The zero-order chi connectivity index (χ0) is 22.2. The van der Waals surface area contributed by atoms with Gasteiger partial charge in [0.1, 0.15) is 12.3 Å². The molecular formula is C20H22N4O6S. The molecule has 4 amide bonds. The van der Waals surface area contributed by atoms with Crippen molar-refractivity contribution in [3.05, 3.63) is 48.4 Å². The number of benzene rings is 1. The fourth-order valence-electron chi connectivity index (χ4n) is 3.70. The molecule has 0 aliphatic carbocycles. The van der Waals surface area contributed by atoms with Crippen LogP contribution in [0, 0.1) is 0 Å². The molecule has 0 unspecified atom stereocenters. The third-order valence-corrected chi connectivity index (χ3v) is 7.34. The minimum atomic E-state index is -3.55. The van der Waals surface area contributed by atoms with Crippen LogP contribution in [0.1, 0.15) is 25.5 Å². The average Bonchev–Trinajstić information content (AvgIpc) is 3.49. The Balaban J connectivity index is 1.41. The van der Waals surface area contributed by atoms with Crippen LogP contribution >= 0.6 is 0 Å². The van der Waals surface area contributed by atoms with E-state index in [0.717, 1.165) is 17.7 Å². The highest BCUT2D eigenvalue weighted by atomic mass is 32.2. The largest absolute Gasteiger partial charge is 0.466 e. The molecule has 31 heavy (non-hydrogen) atoms. The molecule has 0 saturated carbocycles. The molecule has 1 aromatic carbocycles. The average molecular weight is 446 g/mol. The van der Waals surface area contributed by atoms with Crippen LogP contribution in [0.5, 0.6) is 0 Å². The van der Waals surface area contributed by atoms with Crippen molar-refractivity contribution in [3.8, 4) is 0 Å². The normalized spacial score (nSPS) is 22.0. The Morgan fingerprint density at radius 3 is 2.45 bits per heavy atom. The second-order valence-electron chi connectivity index (χ2n) is 7.61. The van der Waals surface area contributed by atoms with Crippen molar-refractivity contribution in [2.75, 3.05) is 25.0 Å². The van der Waals surface area contributed by atoms with Crippen molar-refractivity contribution >= 4 is 33.6 Å². The molecule has 2 fully saturated rings. The van der Waals surface area contributed by atoms with E-state index < -0.39 is 40.0 Å². The molecule has 10 nitrogen and oxygen atoms in total. The van der Waals surface area contributed by atoms with Gasteiger partial charge in [0.2, 0.25) is 15.9 Å². The lowest BCUT2D eigenvalue weighted by molar-refractivity contribution is -0.134. The molecule has 164 valence electrons. The van der Waals surface area contributed by atoms with Gasteiger partial charge in [0.05, 0.1) is 11.2 Å². The topological polar surface area (TPSA) is 129 Å². The van der Waals surface area contributed by atoms with Crippen molar-refractivity contribution in [1.29, 1.82) is 0 Å². The molecule has 4 rings (SSSR count). The number of carbonyl (C=O) groups is 3. The molecule has 2 aliphatic heterocycles. The molecule has 3 heterocycles. The van der Waals surface area contributed by atoms with Gasteiger partial charge in [-0.1, -0.05) is 0 Å². The summed E-state index contributed by atoms with van der Waals surface area (Å²) in [6.45, 7) is 2.02. The van der Waals surface area contributed by atoms with Gasteiger partial charge in [-0.15, -0.1) is 0 Å². The number of nitrogens with zero attached hydrogens (tertiary/aromatic N) is 2. The van der Waals surface area contributed by atoms with Gasteiger partial charge < -0.3 is 15.1 Å². The number of anilines is 1. The van der Waals surface area contributed by atoms with E-state index in [9.17, 15) is 22.8 Å². The van der Waals surface area contributed by atoms with Gasteiger partial charge in [-0.05, 0) is 56.2 Å². The molecule has 2 N–H and O–H groups in total. The van der Waals surface area contributed by atoms with Crippen LogP contribution in [0.25, 0.3) is 0 Å². The van der Waals surface area contributed by atoms with Crippen molar-refractivity contribution in [1.82, 2.24) is 14.5 Å². The molecule has 0 radical (unpaired) electrons. The van der Waals surface area contributed by atoms with Crippen LogP contribution in [-0.4, -0.2) is 55.1 Å². The first kappa shape index (κ1) is 21.1. The monoisotopic (exact) mass is 446 g/mol. The number of furan rings is 1. The number of imide groups is 1. The molecule has 1 aromatic heterocycles. The smallest absolute Gasteiger partial charge is 0.325 e. The SMILES string of the molecule is C[C@]1(c2ccco2)NC(=O)N(CC(=O)Nc2ccc(S(=O)(=O)N3CCCC3)cc2)C1=O. The fourth-order valence-corrected chi connectivity index (χ4v) is 5.22.